The van der Waals surface area contributed by atoms with Gasteiger partial charge in [-0.1, -0.05) is 36.4 Å². The van der Waals surface area contributed by atoms with Gasteiger partial charge in [-0.2, -0.15) is 0 Å². The first-order valence-corrected chi connectivity index (χ1v) is 15.5. The number of para-hydroxylation sites is 1. The summed E-state index contributed by atoms with van der Waals surface area (Å²) in [4.78, 5) is 17.3. The predicted molar refractivity (Wildman–Crippen MR) is 163 cm³/mol. The number of sulfonamides is 1. The molecule has 0 fully saturated rings. The van der Waals surface area contributed by atoms with E-state index in [4.69, 9.17) is 20.9 Å². The number of carbonyl (C=O) groups excluding carboxylic acids is 1. The average Bonchev–Trinajstić information content (AvgIpc) is 3.43. The zero-order chi connectivity index (χ0) is 29.2. The number of thiazole rings is 1. The maximum atomic E-state index is 13.6. The average molecular weight is 592 g/mol. The van der Waals surface area contributed by atoms with E-state index in [1.165, 1.54) is 23.5 Å². The van der Waals surface area contributed by atoms with Gasteiger partial charge in [-0.15, -0.1) is 11.3 Å². The van der Waals surface area contributed by atoms with Gasteiger partial charge in [0.1, 0.15) is 10.7 Å². The van der Waals surface area contributed by atoms with Crippen LogP contribution >= 0.6 is 11.3 Å². The van der Waals surface area contributed by atoms with Crippen LogP contribution in [0.3, 0.4) is 0 Å². The van der Waals surface area contributed by atoms with Crippen molar-refractivity contribution in [1.82, 2.24) is 15.0 Å². The molecule has 0 aliphatic heterocycles. The van der Waals surface area contributed by atoms with Crippen molar-refractivity contribution < 1.29 is 17.9 Å². The molecular formula is C30H33N5O4S2. The van der Waals surface area contributed by atoms with E-state index in [2.05, 4.69) is 15.9 Å². The zero-order valence-electron chi connectivity index (χ0n) is 22.7. The largest absolute Gasteiger partial charge is 0.391 e. The van der Waals surface area contributed by atoms with Crippen LogP contribution in [0.1, 0.15) is 51.8 Å². The molecule has 4 rings (SSSR count). The molecule has 0 radical (unpaired) electrons. The lowest BCUT2D eigenvalue weighted by Gasteiger charge is -2.17. The van der Waals surface area contributed by atoms with Crippen molar-refractivity contribution in [1.29, 1.82) is 5.41 Å². The van der Waals surface area contributed by atoms with Crippen molar-refractivity contribution in [3.8, 4) is 0 Å². The van der Waals surface area contributed by atoms with Gasteiger partial charge in [0.2, 0.25) is 10.0 Å². The smallest absolute Gasteiger partial charge is 0.251 e. The normalized spacial score (nSPS) is 12.1. The van der Waals surface area contributed by atoms with E-state index in [1.807, 2.05) is 48.5 Å². The fraction of sp³-hybridized carbons (Fsp3) is 0.267. The Morgan fingerprint density at radius 2 is 1.85 bits per heavy atom. The van der Waals surface area contributed by atoms with Gasteiger partial charge in [0.15, 0.2) is 0 Å². The third-order valence-electron chi connectivity index (χ3n) is 6.45. The minimum Gasteiger partial charge on any atom is -0.391 e. The van der Waals surface area contributed by atoms with E-state index < -0.39 is 16.1 Å². The molecule has 1 aromatic heterocycles. The summed E-state index contributed by atoms with van der Waals surface area (Å²) >= 11 is 1.46. The highest BCUT2D eigenvalue weighted by molar-refractivity contribution is 7.89. The van der Waals surface area contributed by atoms with Crippen LogP contribution < -0.4 is 15.8 Å². The van der Waals surface area contributed by atoms with Gasteiger partial charge < -0.3 is 15.8 Å². The summed E-state index contributed by atoms with van der Waals surface area (Å²) in [6, 6.07) is 20.7. The standard InChI is InChI=1S/C30H33N5O4S2/c1-39-17-7-16-33-29(36)23-11-6-12-24(19-23)41(37,38)35-27(30-34-26-13-2-3-15-28(26)40-30)14-5-9-21-8-4-10-22(18-21)25(32)20-31/h2-4,6,8,10-13,15,18-19,27,31,35H,5,7,9,14,16-17,32H2,1H3,(H,33,36). The van der Waals surface area contributed by atoms with Crippen LogP contribution in [0.5, 0.6) is 0 Å². The molecule has 41 heavy (non-hydrogen) atoms. The predicted octanol–water partition coefficient (Wildman–Crippen LogP) is 4.65. The van der Waals surface area contributed by atoms with Crippen LogP contribution in [-0.4, -0.2) is 45.4 Å². The molecule has 5 N–H and O–H groups in total. The Hall–Kier alpha value is -3.86. The molecule has 0 spiro atoms. The number of fused-ring (bicyclic) bond motifs is 1. The number of benzene rings is 3. The Labute approximate surface area is 244 Å². The van der Waals surface area contributed by atoms with E-state index in [1.54, 1.807) is 19.2 Å². The number of nitrogens with zero attached hydrogens (tertiary/aromatic N) is 1. The fourth-order valence-electron chi connectivity index (χ4n) is 4.33. The Kier molecular flexibility index (Phi) is 10.4. The third-order valence-corrected chi connectivity index (χ3v) is 9.07. The lowest BCUT2D eigenvalue weighted by Crippen LogP contribution is -2.29. The van der Waals surface area contributed by atoms with E-state index in [9.17, 15) is 13.2 Å². The SMILES string of the molecule is COCCCNC(=O)c1cccc(S(=O)(=O)NC(CCCc2cccc(C(N)=C=N)c2)c2nc3ccccc3s2)c1. The second kappa shape index (κ2) is 14.2. The van der Waals surface area contributed by atoms with E-state index in [0.29, 0.717) is 43.8 Å². The first-order valence-electron chi connectivity index (χ1n) is 13.2. The molecule has 3 aromatic carbocycles. The number of carbonyl (C=O) groups is 1. The molecular weight excluding hydrogens is 558 g/mol. The Morgan fingerprint density at radius 1 is 1.07 bits per heavy atom. The molecule has 214 valence electrons. The third kappa shape index (κ3) is 8.09. The molecule has 0 aliphatic rings. The highest BCUT2D eigenvalue weighted by Gasteiger charge is 2.25. The zero-order valence-corrected chi connectivity index (χ0v) is 24.4. The van der Waals surface area contributed by atoms with Crippen molar-refractivity contribution in [2.24, 2.45) is 5.73 Å². The molecule has 1 amide bonds. The van der Waals surface area contributed by atoms with Gasteiger partial charge >= 0.3 is 0 Å². The topological polar surface area (TPSA) is 147 Å². The van der Waals surface area contributed by atoms with Crippen molar-refractivity contribution in [2.75, 3.05) is 20.3 Å². The van der Waals surface area contributed by atoms with Crippen LogP contribution in [0.25, 0.3) is 15.9 Å². The quantitative estimate of drug-likeness (QED) is 0.124. The molecule has 0 saturated carbocycles. The summed E-state index contributed by atoms with van der Waals surface area (Å²) in [6.07, 6.45) is 2.51. The van der Waals surface area contributed by atoms with E-state index in [-0.39, 0.29) is 22.1 Å². The summed E-state index contributed by atoms with van der Waals surface area (Å²) in [5.74, 6) is 1.87. The number of nitrogens with one attached hydrogen (secondary N) is 3. The molecule has 0 bridgehead atoms. The summed E-state index contributed by atoms with van der Waals surface area (Å²) in [7, 11) is -2.39. The second-order valence-electron chi connectivity index (χ2n) is 9.46. The Bertz CT molecular complexity index is 1630. The number of rotatable bonds is 14. The van der Waals surface area contributed by atoms with Crippen LogP contribution in [0.15, 0.2) is 77.7 Å². The molecule has 0 saturated heterocycles. The molecule has 1 atom stereocenters. The van der Waals surface area contributed by atoms with Gasteiger partial charge in [0.25, 0.3) is 5.91 Å². The van der Waals surface area contributed by atoms with Gasteiger partial charge in [0, 0.05) is 37.3 Å². The number of aryl methyl sites for hydroxylation is 1. The lowest BCUT2D eigenvalue weighted by molar-refractivity contribution is 0.0948. The molecule has 0 aliphatic carbocycles. The van der Waals surface area contributed by atoms with E-state index in [0.717, 1.165) is 21.3 Å². The van der Waals surface area contributed by atoms with Gasteiger partial charge in [-0.05, 0) is 67.6 Å². The van der Waals surface area contributed by atoms with E-state index >= 15 is 0 Å². The van der Waals surface area contributed by atoms with Gasteiger partial charge in [0.05, 0.1) is 21.2 Å². The number of methoxy groups -OCH3 is 1. The van der Waals surface area contributed by atoms with Crippen molar-refractivity contribution in [3.63, 3.8) is 0 Å². The number of hydrogen-bond donors (Lipinski definition) is 4. The maximum Gasteiger partial charge on any atom is 0.251 e. The number of nitrogens with two attached hydrogens (primary N) is 1. The number of ether oxygens (including phenoxy) is 1. The van der Waals surface area contributed by atoms with Crippen LogP contribution in [0.4, 0.5) is 0 Å². The molecule has 1 heterocycles. The molecule has 11 heteroatoms. The summed E-state index contributed by atoms with van der Waals surface area (Å²) in [6.45, 7) is 0.945. The molecule has 9 nitrogen and oxygen atoms in total. The van der Waals surface area contributed by atoms with Crippen molar-refractivity contribution in [3.05, 3.63) is 94.5 Å². The van der Waals surface area contributed by atoms with Crippen molar-refractivity contribution in [2.45, 2.75) is 36.6 Å². The fourth-order valence-corrected chi connectivity index (χ4v) is 6.74. The molecule has 4 aromatic rings. The van der Waals surface area contributed by atoms with Crippen LogP contribution in [0, 0.1) is 5.41 Å². The van der Waals surface area contributed by atoms with Crippen molar-refractivity contribution >= 4 is 49.1 Å². The van der Waals surface area contributed by atoms with Gasteiger partial charge in [-0.25, -0.2) is 18.1 Å². The minimum absolute atomic E-state index is 0.00904. The van der Waals surface area contributed by atoms with Crippen LogP contribution in [0.2, 0.25) is 0 Å². The highest BCUT2D eigenvalue weighted by atomic mass is 32.2. The summed E-state index contributed by atoms with van der Waals surface area (Å²) in [5, 5.41) is 10.7. The van der Waals surface area contributed by atoms with Gasteiger partial charge in [-0.3, -0.25) is 10.2 Å². The summed E-state index contributed by atoms with van der Waals surface area (Å²) < 4.78 is 36.0. The monoisotopic (exact) mass is 591 g/mol. The minimum atomic E-state index is -3.98. The first kappa shape index (κ1) is 30.1. The van der Waals surface area contributed by atoms with Crippen LogP contribution in [-0.2, 0) is 21.2 Å². The number of hydrogen-bond acceptors (Lipinski definition) is 8. The maximum absolute atomic E-state index is 13.6. The highest BCUT2D eigenvalue weighted by Crippen LogP contribution is 2.30. The summed E-state index contributed by atoms with van der Waals surface area (Å²) in [5.41, 5.74) is 8.93. The second-order valence-corrected chi connectivity index (χ2v) is 12.2. The Morgan fingerprint density at radius 3 is 2.63 bits per heavy atom. The Balaban J connectivity index is 1.53. The number of aromatic nitrogens is 1. The first-order chi connectivity index (χ1) is 19.8. The lowest BCUT2D eigenvalue weighted by atomic mass is 10.0. The number of amides is 1. The molecule has 1 unspecified atom stereocenters.